The molecule has 0 radical (unpaired) electrons. The minimum absolute atomic E-state index is 0.188. The summed E-state index contributed by atoms with van der Waals surface area (Å²) in [6, 6.07) is 3.00. The van der Waals surface area contributed by atoms with Crippen LogP contribution in [0.1, 0.15) is 18.1 Å². The molecule has 0 bridgehead atoms. The molecule has 0 spiro atoms. The summed E-state index contributed by atoms with van der Waals surface area (Å²) in [7, 11) is -3.59. The standard InChI is InChI=1S/C13H17Cl2NO3S/c1-9-8-19-4-3-16(9)20(17,18)13-6-12(15)5-11(7-14)10(13)2/h5-6,9H,3-4,7-8H2,1-2H3. The molecule has 1 aromatic rings. The van der Waals surface area contributed by atoms with E-state index in [4.69, 9.17) is 27.9 Å². The molecule has 1 saturated heterocycles. The molecule has 0 aliphatic carbocycles. The molecule has 4 nitrogen and oxygen atoms in total. The highest BCUT2D eigenvalue weighted by atomic mass is 35.5. The number of morpholine rings is 1. The highest BCUT2D eigenvalue weighted by molar-refractivity contribution is 7.89. The lowest BCUT2D eigenvalue weighted by molar-refractivity contribution is 0.0392. The molecular weight excluding hydrogens is 321 g/mol. The van der Waals surface area contributed by atoms with Gasteiger partial charge < -0.3 is 4.74 Å². The highest BCUT2D eigenvalue weighted by Gasteiger charge is 2.33. The maximum atomic E-state index is 12.8. The highest BCUT2D eigenvalue weighted by Crippen LogP contribution is 2.29. The summed E-state index contributed by atoms with van der Waals surface area (Å²) in [4.78, 5) is 0.231. The third-order valence-electron chi connectivity index (χ3n) is 3.47. The van der Waals surface area contributed by atoms with Gasteiger partial charge in [-0.1, -0.05) is 11.6 Å². The lowest BCUT2D eigenvalue weighted by Gasteiger charge is -2.32. The van der Waals surface area contributed by atoms with E-state index in [9.17, 15) is 8.42 Å². The smallest absolute Gasteiger partial charge is 0.243 e. The fourth-order valence-corrected chi connectivity index (χ4v) is 4.79. The van der Waals surface area contributed by atoms with Crippen LogP contribution in [0.5, 0.6) is 0 Å². The second-order valence-corrected chi connectivity index (χ2v) is 7.42. The van der Waals surface area contributed by atoms with Gasteiger partial charge >= 0.3 is 0 Å². The van der Waals surface area contributed by atoms with Gasteiger partial charge in [-0.3, -0.25) is 0 Å². The number of hydrogen-bond donors (Lipinski definition) is 0. The normalized spacial score (nSPS) is 21.1. The van der Waals surface area contributed by atoms with Crippen molar-refractivity contribution in [2.45, 2.75) is 30.7 Å². The number of rotatable bonds is 3. The van der Waals surface area contributed by atoms with Crippen LogP contribution >= 0.6 is 23.2 Å². The molecule has 1 fully saturated rings. The zero-order valence-corrected chi connectivity index (χ0v) is 13.7. The molecular formula is C13H17Cl2NO3S. The number of hydrogen-bond acceptors (Lipinski definition) is 3. The monoisotopic (exact) mass is 337 g/mol. The van der Waals surface area contributed by atoms with Gasteiger partial charge in [0, 0.05) is 23.5 Å². The Hall–Kier alpha value is -0.330. The van der Waals surface area contributed by atoms with E-state index in [-0.39, 0.29) is 16.8 Å². The predicted octanol–water partition coefficient (Wildman–Crippen LogP) is 2.80. The van der Waals surface area contributed by atoms with Crippen molar-refractivity contribution in [2.75, 3.05) is 19.8 Å². The third kappa shape index (κ3) is 2.97. The molecule has 7 heteroatoms. The largest absolute Gasteiger partial charge is 0.378 e. The van der Waals surface area contributed by atoms with Crippen LogP contribution in [0.25, 0.3) is 0 Å². The van der Waals surface area contributed by atoms with Crippen LogP contribution in [-0.2, 0) is 20.6 Å². The molecule has 0 saturated carbocycles. The van der Waals surface area contributed by atoms with Crippen LogP contribution in [-0.4, -0.2) is 38.5 Å². The van der Waals surface area contributed by atoms with Crippen molar-refractivity contribution in [3.63, 3.8) is 0 Å². The minimum atomic E-state index is -3.59. The molecule has 0 N–H and O–H groups in total. The van der Waals surface area contributed by atoms with Gasteiger partial charge in [0.25, 0.3) is 0 Å². The molecule has 1 heterocycles. The maximum Gasteiger partial charge on any atom is 0.243 e. The average molecular weight is 338 g/mol. The Kier molecular flexibility index (Phi) is 4.97. The minimum Gasteiger partial charge on any atom is -0.378 e. The van der Waals surface area contributed by atoms with Gasteiger partial charge in [0.1, 0.15) is 0 Å². The van der Waals surface area contributed by atoms with E-state index in [0.29, 0.717) is 30.3 Å². The quantitative estimate of drug-likeness (QED) is 0.796. The van der Waals surface area contributed by atoms with Crippen molar-refractivity contribution < 1.29 is 13.2 Å². The zero-order valence-electron chi connectivity index (χ0n) is 11.4. The number of nitrogens with zero attached hydrogens (tertiary/aromatic N) is 1. The van der Waals surface area contributed by atoms with Crippen LogP contribution in [0.4, 0.5) is 0 Å². The fourth-order valence-electron chi connectivity index (χ4n) is 2.31. The molecule has 1 atom stereocenters. The molecule has 1 unspecified atom stereocenters. The van der Waals surface area contributed by atoms with Crippen LogP contribution < -0.4 is 0 Å². The van der Waals surface area contributed by atoms with Crippen molar-refractivity contribution in [2.24, 2.45) is 0 Å². The first kappa shape index (κ1) is 16.0. The van der Waals surface area contributed by atoms with Crippen LogP contribution in [0.2, 0.25) is 5.02 Å². The molecule has 1 aliphatic heterocycles. The molecule has 1 aliphatic rings. The number of ether oxygens (including phenoxy) is 1. The molecule has 1 aromatic carbocycles. The van der Waals surface area contributed by atoms with Gasteiger partial charge in [0.2, 0.25) is 10.0 Å². The second kappa shape index (κ2) is 6.20. The third-order valence-corrected chi connectivity index (χ3v) is 6.12. The number of sulfonamides is 1. The Morgan fingerprint density at radius 3 is 2.75 bits per heavy atom. The van der Waals surface area contributed by atoms with Crippen LogP contribution in [0.15, 0.2) is 17.0 Å². The lowest BCUT2D eigenvalue weighted by atomic mass is 10.1. The van der Waals surface area contributed by atoms with E-state index in [1.165, 1.54) is 10.4 Å². The predicted molar refractivity (Wildman–Crippen MR) is 79.9 cm³/mol. The van der Waals surface area contributed by atoms with E-state index in [1.807, 2.05) is 6.92 Å². The Balaban J connectivity index is 2.51. The maximum absolute atomic E-state index is 12.8. The Bertz CT molecular complexity index is 604. The van der Waals surface area contributed by atoms with E-state index < -0.39 is 10.0 Å². The molecule has 2 rings (SSSR count). The first-order valence-corrected chi connectivity index (χ1v) is 8.67. The topological polar surface area (TPSA) is 46.6 Å². The number of halogens is 2. The first-order valence-electron chi connectivity index (χ1n) is 6.32. The summed E-state index contributed by atoms with van der Waals surface area (Å²) in [6.45, 7) is 4.75. The molecule has 0 aromatic heterocycles. The Labute approximate surface area is 129 Å². The van der Waals surface area contributed by atoms with E-state index >= 15 is 0 Å². The van der Waals surface area contributed by atoms with Crippen molar-refractivity contribution >= 4 is 33.2 Å². The second-order valence-electron chi connectivity index (χ2n) is 4.86. The molecule has 112 valence electrons. The number of benzene rings is 1. The lowest BCUT2D eigenvalue weighted by Crippen LogP contribution is -2.47. The first-order chi connectivity index (χ1) is 9.37. The van der Waals surface area contributed by atoms with Crippen molar-refractivity contribution in [1.82, 2.24) is 4.31 Å². The van der Waals surface area contributed by atoms with Gasteiger partial charge in [-0.05, 0) is 37.1 Å². The fraction of sp³-hybridized carbons (Fsp3) is 0.538. The number of alkyl halides is 1. The van der Waals surface area contributed by atoms with Gasteiger partial charge in [-0.15, -0.1) is 11.6 Å². The average Bonchev–Trinajstić information content (AvgIpc) is 2.41. The molecule has 0 amide bonds. The summed E-state index contributed by atoms with van der Waals surface area (Å²) < 4.78 is 32.4. The summed E-state index contributed by atoms with van der Waals surface area (Å²) in [5, 5.41) is 0.380. The summed E-state index contributed by atoms with van der Waals surface area (Å²) >= 11 is 11.9. The van der Waals surface area contributed by atoms with Gasteiger partial charge in [-0.2, -0.15) is 4.31 Å². The van der Waals surface area contributed by atoms with Crippen LogP contribution in [0, 0.1) is 6.92 Å². The van der Waals surface area contributed by atoms with Gasteiger partial charge in [0.15, 0.2) is 0 Å². The van der Waals surface area contributed by atoms with E-state index in [0.717, 1.165) is 5.56 Å². The van der Waals surface area contributed by atoms with Crippen molar-refractivity contribution in [3.05, 3.63) is 28.3 Å². The Morgan fingerprint density at radius 1 is 1.45 bits per heavy atom. The van der Waals surface area contributed by atoms with Crippen molar-refractivity contribution in [1.29, 1.82) is 0 Å². The van der Waals surface area contributed by atoms with Gasteiger partial charge in [-0.25, -0.2) is 8.42 Å². The summed E-state index contributed by atoms with van der Waals surface area (Å²) in [5.41, 5.74) is 1.39. The SMILES string of the molecule is Cc1c(CCl)cc(Cl)cc1S(=O)(=O)N1CCOCC1C. The van der Waals surface area contributed by atoms with Crippen LogP contribution in [0.3, 0.4) is 0 Å². The van der Waals surface area contributed by atoms with E-state index in [1.54, 1.807) is 13.0 Å². The zero-order chi connectivity index (χ0) is 14.9. The summed E-state index contributed by atoms with van der Waals surface area (Å²) in [5.74, 6) is 0.230. The summed E-state index contributed by atoms with van der Waals surface area (Å²) in [6.07, 6.45) is 0. The molecule has 20 heavy (non-hydrogen) atoms. The Morgan fingerprint density at radius 2 is 2.15 bits per heavy atom. The van der Waals surface area contributed by atoms with Crippen molar-refractivity contribution in [3.8, 4) is 0 Å². The van der Waals surface area contributed by atoms with E-state index in [2.05, 4.69) is 0 Å². The van der Waals surface area contributed by atoms with Gasteiger partial charge in [0.05, 0.1) is 18.1 Å².